The zero-order chi connectivity index (χ0) is 70.9. The topological polar surface area (TPSA) is 438 Å². The molecule has 9 amide bonds. The molecule has 1 fully saturated rings. The van der Waals surface area contributed by atoms with Crippen LogP contribution in [0.1, 0.15) is 101 Å². The van der Waals surface area contributed by atoms with Gasteiger partial charge in [-0.3, -0.25) is 52.7 Å². The van der Waals surface area contributed by atoms with Gasteiger partial charge < -0.3 is 83.3 Å². The molecule has 28 heteroatoms. The summed E-state index contributed by atoms with van der Waals surface area (Å²) in [5, 5.41) is 70.4. The molecule has 0 bridgehead atoms. The number of H-pyrrole nitrogens is 1. The molecule has 0 saturated carbocycles. The van der Waals surface area contributed by atoms with E-state index in [4.69, 9.17) is 5.73 Å². The number of aromatic amines is 1. The molecular formula is C69H89N11O17. The van der Waals surface area contributed by atoms with Crippen LogP contribution < -0.4 is 43.0 Å². The van der Waals surface area contributed by atoms with Gasteiger partial charge in [-0.2, -0.15) is 0 Å². The minimum Gasteiger partial charge on any atom is -0.508 e. The second-order valence-electron chi connectivity index (χ2n) is 24.8. The van der Waals surface area contributed by atoms with E-state index in [0.717, 1.165) is 11.8 Å². The van der Waals surface area contributed by atoms with E-state index in [1.807, 2.05) is 0 Å². The third-order valence-corrected chi connectivity index (χ3v) is 16.6. The minimum atomic E-state index is -1.85. The highest BCUT2D eigenvalue weighted by Crippen LogP contribution is 2.22. The van der Waals surface area contributed by atoms with Crippen LogP contribution in [-0.2, 0) is 83.2 Å². The van der Waals surface area contributed by atoms with Crippen molar-refractivity contribution in [1.29, 1.82) is 0 Å². The van der Waals surface area contributed by atoms with E-state index in [9.17, 15) is 78.3 Å². The van der Waals surface area contributed by atoms with Crippen LogP contribution in [0.25, 0.3) is 10.9 Å². The molecule has 1 saturated heterocycles. The molecule has 1 aromatic heterocycles. The summed E-state index contributed by atoms with van der Waals surface area (Å²) in [6.07, 6.45) is 0.917. The lowest BCUT2D eigenvalue weighted by molar-refractivity contribution is -0.143. The van der Waals surface area contributed by atoms with Crippen LogP contribution >= 0.6 is 0 Å². The highest BCUT2D eigenvalue weighted by molar-refractivity contribution is 6.38. The Kier molecular flexibility index (Phi) is 29.1. The van der Waals surface area contributed by atoms with Crippen LogP contribution in [0, 0.1) is 11.8 Å². The highest BCUT2D eigenvalue weighted by atomic mass is 16.4. The number of ketones is 2. The molecule has 1 aliphatic rings. The third-order valence-electron chi connectivity index (χ3n) is 16.6. The largest absolute Gasteiger partial charge is 0.508 e. The quantitative estimate of drug-likeness (QED) is 0.0409. The number of aliphatic hydroxyl groups excluding tert-OH is 1. The van der Waals surface area contributed by atoms with Crippen molar-refractivity contribution in [3.8, 4) is 17.2 Å². The summed E-state index contributed by atoms with van der Waals surface area (Å²) >= 11 is 0. The third kappa shape index (κ3) is 24.2. The van der Waals surface area contributed by atoms with Gasteiger partial charge in [0, 0.05) is 82.8 Å². The number of primary amides is 1. The van der Waals surface area contributed by atoms with Gasteiger partial charge in [0.05, 0.1) is 25.1 Å². The van der Waals surface area contributed by atoms with E-state index >= 15 is 4.79 Å². The zero-order valence-electron chi connectivity index (χ0n) is 54.8. The molecule has 2 heterocycles. The second-order valence-corrected chi connectivity index (χ2v) is 24.8. The maximum atomic E-state index is 15.1. The van der Waals surface area contributed by atoms with Gasteiger partial charge in [0.25, 0.3) is 0 Å². The molecule has 2 unspecified atom stereocenters. The maximum absolute atomic E-state index is 15.1. The first kappa shape index (κ1) is 75.8. The number of hydrogen-bond acceptors (Lipinski definition) is 17. The molecule has 97 heavy (non-hydrogen) atoms. The maximum Gasteiger partial charge on any atom is 0.326 e. The monoisotopic (exact) mass is 1340 g/mol. The van der Waals surface area contributed by atoms with Crippen LogP contribution in [0.2, 0.25) is 0 Å². The Hall–Kier alpha value is -10.2. The Labute approximate surface area is 561 Å². The van der Waals surface area contributed by atoms with Gasteiger partial charge in [0.15, 0.2) is 5.78 Å². The fourth-order valence-corrected chi connectivity index (χ4v) is 11.3. The zero-order valence-corrected chi connectivity index (χ0v) is 54.8. The van der Waals surface area contributed by atoms with Crippen molar-refractivity contribution in [3.63, 3.8) is 0 Å². The number of Topliss-reactive ketones (excluding diaryl/α,β-unsaturated/α-hetero) is 2. The number of carbonyl (C=O) groups excluding carboxylic acids is 11. The first-order chi connectivity index (χ1) is 46.2. The van der Waals surface area contributed by atoms with Crippen molar-refractivity contribution in [1.82, 2.24) is 52.0 Å². The number of rotatable bonds is 23. The Morgan fingerprint density at radius 1 is 0.608 bits per heavy atom. The number of aliphatic carboxylic acids is 1. The fraction of sp³-hybridized carbons (Fsp3) is 0.449. The van der Waals surface area contributed by atoms with Crippen LogP contribution in [0.15, 0.2) is 103 Å². The predicted molar refractivity (Wildman–Crippen MR) is 355 cm³/mol. The number of hydrogen-bond donors (Lipinski definition) is 14. The average Bonchev–Trinajstić information content (AvgIpc) is 1.73. The van der Waals surface area contributed by atoms with Crippen LogP contribution in [0.3, 0.4) is 0 Å². The van der Waals surface area contributed by atoms with Crippen molar-refractivity contribution < 1.29 is 83.1 Å². The number of benzene rings is 4. The molecule has 0 spiro atoms. The lowest BCUT2D eigenvalue weighted by Crippen LogP contribution is -2.60. The Morgan fingerprint density at radius 3 is 1.68 bits per heavy atom. The van der Waals surface area contributed by atoms with Crippen molar-refractivity contribution in [3.05, 3.63) is 126 Å². The fourth-order valence-electron chi connectivity index (χ4n) is 11.3. The van der Waals surface area contributed by atoms with Crippen molar-refractivity contribution >= 4 is 81.6 Å². The number of phenolic OH excluding ortho intramolecular Hbond substituents is 3. The summed E-state index contributed by atoms with van der Waals surface area (Å²) in [4.78, 5) is 173. The van der Waals surface area contributed by atoms with E-state index in [1.54, 1.807) is 61.3 Å². The second kappa shape index (κ2) is 37.2. The van der Waals surface area contributed by atoms with Crippen molar-refractivity contribution in [2.75, 3.05) is 39.3 Å². The van der Waals surface area contributed by atoms with Gasteiger partial charge in [-0.05, 0) is 116 Å². The number of aliphatic hydroxyl groups is 1. The molecule has 15 N–H and O–H groups in total. The molecule has 522 valence electrons. The number of amides is 9. The number of aromatic nitrogens is 1. The van der Waals surface area contributed by atoms with Gasteiger partial charge in [-0.25, -0.2) is 4.79 Å². The summed E-state index contributed by atoms with van der Waals surface area (Å²) in [5.74, 6) is -12.3. The van der Waals surface area contributed by atoms with Gasteiger partial charge in [0.2, 0.25) is 58.9 Å². The van der Waals surface area contributed by atoms with Gasteiger partial charge >= 0.3 is 5.97 Å². The van der Waals surface area contributed by atoms with Gasteiger partial charge in [-0.1, -0.05) is 74.9 Å². The number of aromatic hydroxyl groups is 3. The average molecular weight is 1340 g/mol. The van der Waals surface area contributed by atoms with Crippen molar-refractivity contribution in [2.24, 2.45) is 17.6 Å². The number of para-hydroxylation sites is 1. The predicted octanol–water partition coefficient (Wildman–Crippen LogP) is 1.23. The van der Waals surface area contributed by atoms with Crippen LogP contribution in [0.5, 0.6) is 17.2 Å². The number of carboxylic acids is 1. The molecule has 0 aliphatic carbocycles. The summed E-state index contributed by atoms with van der Waals surface area (Å²) in [6.45, 7) is 4.10. The molecule has 5 aromatic rings. The van der Waals surface area contributed by atoms with Gasteiger partial charge in [-0.15, -0.1) is 0 Å². The first-order valence-electron chi connectivity index (χ1n) is 32.3. The number of nitrogens with zero attached hydrogens (tertiary/aromatic N) is 2. The SMILES string of the molecule is CC(=O)C(=O)[C@H](Cc1ccc(O)cc1)NC[C@H]1CCCCN(C(C)=O)CCCCN(CC(=O)N[C@@H](Cc2ccc(O)cc2)C(=O)O)C(=O)[C@H](CC(C)C)NC(=O)C(Cc2ccc(O)cc2)NC(=O)[C@H](CCC(N)=O)NC(=O)C(CO)NC(=O)[C@H](Cc2c[nH]c3ccccc23)NC1=O. The minimum absolute atomic E-state index is 0.0256. The summed E-state index contributed by atoms with van der Waals surface area (Å²) in [6, 6.07) is 13.6. The number of phenols is 3. The number of fused-ring (bicyclic) bond motifs is 1. The number of carbonyl (C=O) groups is 12. The Balaban J connectivity index is 1.40. The lowest BCUT2D eigenvalue weighted by atomic mass is 9.96. The number of nitrogens with two attached hydrogens (primary N) is 1. The number of carboxylic acid groups (broad SMARTS) is 1. The van der Waals surface area contributed by atoms with Crippen molar-refractivity contribution in [2.45, 2.75) is 147 Å². The first-order valence-corrected chi connectivity index (χ1v) is 32.3. The van der Waals surface area contributed by atoms with E-state index in [1.165, 1.54) is 67.6 Å². The Bertz CT molecular complexity index is 3560. The molecule has 28 nitrogen and oxygen atoms in total. The van der Waals surface area contributed by atoms with E-state index in [0.29, 0.717) is 39.6 Å². The Morgan fingerprint density at radius 2 is 1.11 bits per heavy atom. The normalized spacial score (nSPS) is 20.1. The lowest BCUT2D eigenvalue weighted by Gasteiger charge is -2.31. The van der Waals surface area contributed by atoms with E-state index < -0.39 is 139 Å². The summed E-state index contributed by atoms with van der Waals surface area (Å²) in [5.41, 5.74) is 8.20. The molecular weight excluding hydrogens is 1250 g/mol. The van der Waals surface area contributed by atoms with Crippen LogP contribution in [-0.4, -0.2) is 193 Å². The molecule has 8 atom stereocenters. The molecule has 1 aliphatic heterocycles. The van der Waals surface area contributed by atoms with Gasteiger partial charge in [0.1, 0.15) is 53.5 Å². The van der Waals surface area contributed by atoms with Crippen LogP contribution in [0.4, 0.5) is 0 Å². The smallest absolute Gasteiger partial charge is 0.326 e. The highest BCUT2D eigenvalue weighted by Gasteiger charge is 2.36. The number of nitrogens with one attached hydrogen (secondary N) is 8. The van der Waals surface area contributed by atoms with E-state index in [-0.39, 0.29) is 113 Å². The van der Waals surface area contributed by atoms with E-state index in [2.05, 4.69) is 42.2 Å². The molecule has 0 radical (unpaired) electrons. The standard InChI is InChI=1S/C69H89N11O17/c1-40(2)31-57-68(95)80(38-61(88)73-58(69(96)97)34-45-18-24-50(86)25-19-45)30-10-9-29-79(42(4)83)28-8-7-11-46(36-72-54(62(89)41(3)82)32-43-14-20-48(84)21-15-43)63(90)75-56(35-47-37-71-52-13-6-5-12-51(47)52)66(93)78-59(39-81)67(94)74-53(26-27-60(70)87)64(91)76-55(65(92)77-57)33-44-16-22-49(85)23-17-44/h5-6,12-25,37,40,46,53-59,71-72,81,84-86H,7-11,26-36,38-39H2,1-4H3,(H2,70,87)(H,73,88)(H,74,94)(H,75,90)(H,76,91)(H,77,92)(H,78,93)(H,96,97)/t46-,53+,54+,55?,56+,57+,58+,59?/m1/s1. The summed E-state index contributed by atoms with van der Waals surface area (Å²) in [7, 11) is 0. The molecule has 6 rings (SSSR count). The molecule has 4 aromatic carbocycles. The summed E-state index contributed by atoms with van der Waals surface area (Å²) < 4.78 is 0.